The molecule has 2 atom stereocenters. The minimum Gasteiger partial charge on any atom is -0.379 e. The predicted octanol–water partition coefficient (Wildman–Crippen LogP) is 1.32. The van der Waals surface area contributed by atoms with Crippen molar-refractivity contribution in [3.8, 4) is 0 Å². The maximum absolute atomic E-state index is 12.5. The third kappa shape index (κ3) is 4.48. The fourth-order valence-corrected chi connectivity index (χ4v) is 3.93. The lowest BCUT2D eigenvalue weighted by molar-refractivity contribution is 0.0692. The Morgan fingerprint density at radius 3 is 2.67 bits per heavy atom. The second-order valence-corrected chi connectivity index (χ2v) is 7.29. The maximum atomic E-state index is 12.5. The number of rotatable bonds is 5. The third-order valence-electron chi connectivity index (χ3n) is 5.46. The van der Waals surface area contributed by atoms with Gasteiger partial charge in [-0.05, 0) is 37.0 Å². The minimum atomic E-state index is -0.0266. The van der Waals surface area contributed by atoms with E-state index < -0.39 is 0 Å². The molecule has 2 aliphatic heterocycles. The van der Waals surface area contributed by atoms with Crippen molar-refractivity contribution in [1.82, 2.24) is 25.2 Å². The molecule has 0 unspecified atom stereocenters. The summed E-state index contributed by atoms with van der Waals surface area (Å²) in [5, 5.41) is 3.78. The summed E-state index contributed by atoms with van der Waals surface area (Å²) in [4.78, 5) is 26.6. The number of nitrogens with one attached hydrogen (secondary N) is 1. The lowest BCUT2D eigenvalue weighted by Crippen LogP contribution is -2.50. The van der Waals surface area contributed by atoms with Gasteiger partial charge in [0.15, 0.2) is 0 Å². The van der Waals surface area contributed by atoms with Crippen LogP contribution in [-0.2, 0) is 11.2 Å². The molecule has 0 bridgehead atoms. The van der Waals surface area contributed by atoms with Crippen LogP contribution in [0.25, 0.3) is 0 Å². The fraction of sp³-hybridized carbons (Fsp3) is 0.500. The average Bonchev–Trinajstić information content (AvgIpc) is 3.16. The van der Waals surface area contributed by atoms with Crippen LogP contribution in [0, 0.1) is 5.92 Å². The Balaban J connectivity index is 1.28. The van der Waals surface area contributed by atoms with Gasteiger partial charge in [-0.15, -0.1) is 0 Å². The molecule has 0 radical (unpaired) electrons. The van der Waals surface area contributed by atoms with Crippen molar-refractivity contribution in [3.05, 3.63) is 54.4 Å². The lowest BCUT2D eigenvalue weighted by atomic mass is 9.93. The van der Waals surface area contributed by atoms with E-state index in [1.165, 1.54) is 11.8 Å². The number of amides is 1. The molecule has 4 heterocycles. The highest BCUT2D eigenvalue weighted by Gasteiger charge is 2.32. The Bertz CT molecular complexity index is 735. The second-order valence-electron chi connectivity index (χ2n) is 7.29. The highest BCUT2D eigenvalue weighted by atomic mass is 16.5. The molecule has 2 aromatic heterocycles. The van der Waals surface area contributed by atoms with Crippen molar-refractivity contribution in [2.24, 2.45) is 5.92 Å². The molecule has 0 saturated carbocycles. The summed E-state index contributed by atoms with van der Waals surface area (Å²) in [7, 11) is 0. The number of aromatic nitrogens is 3. The molecule has 0 aromatic carbocycles. The van der Waals surface area contributed by atoms with Gasteiger partial charge >= 0.3 is 0 Å². The number of pyridine rings is 1. The summed E-state index contributed by atoms with van der Waals surface area (Å²) in [5.41, 5.74) is 1.72. The first kappa shape index (κ1) is 18.0. The SMILES string of the molecule is O=C(c1cnccn1)N1CCC(N[C@@H]2COC[C@H]2Cc2ccncc2)CC1. The van der Waals surface area contributed by atoms with Crippen LogP contribution in [0.5, 0.6) is 0 Å². The van der Waals surface area contributed by atoms with Crippen molar-refractivity contribution in [2.75, 3.05) is 26.3 Å². The number of carbonyl (C=O) groups is 1. The summed E-state index contributed by atoms with van der Waals surface area (Å²) in [6, 6.07) is 4.94. The Kier molecular flexibility index (Phi) is 5.69. The molecule has 7 nitrogen and oxygen atoms in total. The van der Waals surface area contributed by atoms with Crippen LogP contribution in [0.1, 0.15) is 28.9 Å². The molecule has 2 aromatic rings. The van der Waals surface area contributed by atoms with E-state index in [1.807, 2.05) is 17.3 Å². The monoisotopic (exact) mass is 367 g/mol. The van der Waals surface area contributed by atoms with Gasteiger partial charge in [-0.3, -0.25) is 14.8 Å². The summed E-state index contributed by atoms with van der Waals surface area (Å²) >= 11 is 0. The van der Waals surface area contributed by atoms with E-state index in [-0.39, 0.29) is 5.91 Å². The smallest absolute Gasteiger partial charge is 0.274 e. The second kappa shape index (κ2) is 8.54. The van der Waals surface area contributed by atoms with Gasteiger partial charge in [-0.2, -0.15) is 0 Å². The molecule has 0 spiro atoms. The maximum Gasteiger partial charge on any atom is 0.274 e. The van der Waals surface area contributed by atoms with Crippen molar-refractivity contribution in [1.29, 1.82) is 0 Å². The quantitative estimate of drug-likeness (QED) is 0.859. The summed E-state index contributed by atoms with van der Waals surface area (Å²) in [6.07, 6.45) is 11.3. The van der Waals surface area contributed by atoms with Crippen LogP contribution >= 0.6 is 0 Å². The minimum absolute atomic E-state index is 0.0266. The average molecular weight is 367 g/mol. The van der Waals surface area contributed by atoms with E-state index in [0.717, 1.165) is 45.6 Å². The van der Waals surface area contributed by atoms with E-state index >= 15 is 0 Å². The number of piperidine rings is 1. The number of ether oxygens (including phenoxy) is 1. The molecular formula is C20H25N5O2. The van der Waals surface area contributed by atoms with E-state index in [4.69, 9.17) is 4.74 Å². The zero-order valence-electron chi connectivity index (χ0n) is 15.3. The Hall–Kier alpha value is -2.38. The van der Waals surface area contributed by atoms with Crippen molar-refractivity contribution in [2.45, 2.75) is 31.3 Å². The van der Waals surface area contributed by atoms with E-state index in [2.05, 4.69) is 32.4 Å². The van der Waals surface area contributed by atoms with Crippen LogP contribution in [0.3, 0.4) is 0 Å². The third-order valence-corrected chi connectivity index (χ3v) is 5.46. The van der Waals surface area contributed by atoms with E-state index in [0.29, 0.717) is 23.7 Å². The van der Waals surface area contributed by atoms with Crippen molar-refractivity contribution < 1.29 is 9.53 Å². The molecule has 1 amide bonds. The summed E-state index contributed by atoms with van der Waals surface area (Å²) < 4.78 is 5.74. The van der Waals surface area contributed by atoms with Crippen molar-refractivity contribution in [3.63, 3.8) is 0 Å². The summed E-state index contributed by atoms with van der Waals surface area (Å²) in [5.74, 6) is 0.452. The first-order valence-electron chi connectivity index (χ1n) is 9.57. The largest absolute Gasteiger partial charge is 0.379 e. The van der Waals surface area contributed by atoms with Crippen LogP contribution in [0.2, 0.25) is 0 Å². The molecule has 2 saturated heterocycles. The van der Waals surface area contributed by atoms with E-state index in [1.54, 1.807) is 12.4 Å². The van der Waals surface area contributed by atoms with Crippen molar-refractivity contribution >= 4 is 5.91 Å². The Morgan fingerprint density at radius 2 is 1.93 bits per heavy atom. The molecule has 7 heteroatoms. The van der Waals surface area contributed by atoms with Gasteiger partial charge in [0, 0.05) is 55.9 Å². The zero-order valence-corrected chi connectivity index (χ0v) is 15.3. The topological polar surface area (TPSA) is 80.2 Å². The molecule has 0 aliphatic carbocycles. The van der Waals surface area contributed by atoms with Gasteiger partial charge in [0.25, 0.3) is 5.91 Å². The zero-order chi connectivity index (χ0) is 18.5. The molecule has 2 fully saturated rings. The highest BCUT2D eigenvalue weighted by molar-refractivity contribution is 5.92. The highest BCUT2D eigenvalue weighted by Crippen LogP contribution is 2.21. The van der Waals surface area contributed by atoms with Gasteiger partial charge in [-0.1, -0.05) is 0 Å². The number of likely N-dealkylation sites (tertiary alicyclic amines) is 1. The lowest BCUT2D eigenvalue weighted by Gasteiger charge is -2.34. The molecule has 142 valence electrons. The first-order chi connectivity index (χ1) is 13.3. The normalized spacial score (nSPS) is 23.5. The predicted molar refractivity (Wildman–Crippen MR) is 100 cm³/mol. The Labute approximate surface area is 159 Å². The van der Waals surface area contributed by atoms with Gasteiger partial charge < -0.3 is 15.0 Å². The first-order valence-corrected chi connectivity index (χ1v) is 9.57. The molecular weight excluding hydrogens is 342 g/mol. The molecule has 4 rings (SSSR count). The van der Waals surface area contributed by atoms with Crippen LogP contribution in [0.4, 0.5) is 0 Å². The van der Waals surface area contributed by atoms with Crippen LogP contribution < -0.4 is 5.32 Å². The van der Waals surface area contributed by atoms with E-state index in [9.17, 15) is 4.79 Å². The number of hydrogen-bond donors (Lipinski definition) is 1. The van der Waals surface area contributed by atoms with Gasteiger partial charge in [0.2, 0.25) is 0 Å². The summed E-state index contributed by atoms with van der Waals surface area (Å²) in [6.45, 7) is 3.05. The van der Waals surface area contributed by atoms with Crippen LogP contribution in [0.15, 0.2) is 43.1 Å². The Morgan fingerprint density at radius 1 is 1.11 bits per heavy atom. The number of nitrogens with zero attached hydrogens (tertiary/aromatic N) is 4. The fourth-order valence-electron chi connectivity index (χ4n) is 3.93. The standard InChI is InChI=1S/C20H25N5O2/c26-20(18-12-22-7-8-23-18)25-9-3-17(4-10-25)24-19-14-27-13-16(19)11-15-1-5-21-6-2-15/h1-2,5-8,12,16-17,19,24H,3-4,9-11,13-14H2/t16-,19-/m1/s1. The number of hydrogen-bond acceptors (Lipinski definition) is 6. The molecule has 1 N–H and O–H groups in total. The van der Waals surface area contributed by atoms with Crippen LogP contribution in [-0.4, -0.2) is 64.1 Å². The molecule has 27 heavy (non-hydrogen) atoms. The van der Waals surface area contributed by atoms with Gasteiger partial charge in [0.05, 0.1) is 19.4 Å². The van der Waals surface area contributed by atoms with Gasteiger partial charge in [0.1, 0.15) is 5.69 Å². The molecule has 2 aliphatic rings. The van der Waals surface area contributed by atoms with Gasteiger partial charge in [-0.25, -0.2) is 4.98 Å². The number of carbonyl (C=O) groups excluding carboxylic acids is 1.